The van der Waals surface area contributed by atoms with Crippen LogP contribution in [0.1, 0.15) is 12.0 Å². The van der Waals surface area contributed by atoms with Crippen LogP contribution in [-0.2, 0) is 0 Å². The molecule has 7 nitrogen and oxygen atoms in total. The van der Waals surface area contributed by atoms with Gasteiger partial charge in [0.25, 0.3) is 5.92 Å². The molecule has 36 heavy (non-hydrogen) atoms. The van der Waals surface area contributed by atoms with E-state index in [4.69, 9.17) is 4.98 Å². The Morgan fingerprint density at radius 2 is 1.72 bits per heavy atom. The van der Waals surface area contributed by atoms with Crippen molar-refractivity contribution >= 4 is 28.2 Å². The summed E-state index contributed by atoms with van der Waals surface area (Å²) in [4.78, 5) is 8.11. The highest BCUT2D eigenvalue weighted by Crippen LogP contribution is 2.63. The van der Waals surface area contributed by atoms with E-state index in [1.807, 2.05) is 24.0 Å². The van der Waals surface area contributed by atoms with Gasteiger partial charge in [-0.3, -0.25) is 22.6 Å². The first kappa shape index (κ1) is 25.3. The van der Waals surface area contributed by atoms with E-state index in [-0.39, 0.29) is 26.1 Å². The number of benzene rings is 1. The molecule has 1 saturated carbocycles. The number of halogens is 5. The average molecular weight is 534 g/mol. The zero-order valence-corrected chi connectivity index (χ0v) is 20.7. The maximum Gasteiger partial charge on any atom is 0.401 e. The Kier molecular flexibility index (Phi) is 6.05. The third-order valence-electron chi connectivity index (χ3n) is 7.04. The zero-order chi connectivity index (χ0) is 26.0. The van der Waals surface area contributed by atoms with E-state index in [1.54, 1.807) is 18.2 Å². The highest BCUT2D eigenvalue weighted by Gasteiger charge is 2.59. The van der Waals surface area contributed by atoms with Crippen LogP contribution in [-0.4, -0.2) is 77.4 Å². The standard InChI is InChI=1S/C23H28F5N5O2S/c1-15-3-6-20(32-9-7-31(8-10-32)14-23(26,27)28)29-21(15)16-4-5-18-19(11-16)30(2)36(34,35)33(18)13-17-12-22(17,24)25/h3-6,11,17,34-35H,7-10,12-14H2,1-2H3. The van der Waals surface area contributed by atoms with Crippen LogP contribution in [0, 0.1) is 12.8 Å². The molecule has 5 rings (SSSR count). The summed E-state index contributed by atoms with van der Waals surface area (Å²) < 4.78 is 89.3. The van der Waals surface area contributed by atoms with E-state index in [9.17, 15) is 31.1 Å². The first-order valence-corrected chi connectivity index (χ1v) is 13.1. The molecule has 13 heteroatoms. The first-order valence-electron chi connectivity index (χ1n) is 11.6. The minimum absolute atomic E-state index is 0.154. The lowest BCUT2D eigenvalue weighted by Gasteiger charge is -2.42. The van der Waals surface area contributed by atoms with Gasteiger partial charge in [-0.2, -0.15) is 13.2 Å². The number of aromatic nitrogens is 1. The highest BCUT2D eigenvalue weighted by molar-refractivity contribution is 8.26. The summed E-state index contributed by atoms with van der Waals surface area (Å²) >= 11 is 0. The third-order valence-corrected chi connectivity index (χ3v) is 8.91. The molecular formula is C23H28F5N5O2S. The lowest BCUT2D eigenvalue weighted by molar-refractivity contribution is -0.146. The monoisotopic (exact) mass is 533 g/mol. The van der Waals surface area contributed by atoms with Gasteiger partial charge in [-0.05, 0) is 41.6 Å². The molecule has 2 aliphatic heterocycles. The number of fused-ring (bicyclic) bond motifs is 1. The number of anilines is 3. The van der Waals surface area contributed by atoms with Crippen molar-refractivity contribution in [1.29, 1.82) is 0 Å². The van der Waals surface area contributed by atoms with Gasteiger partial charge in [0.05, 0.1) is 23.6 Å². The fourth-order valence-corrected chi connectivity index (χ4v) is 6.29. The number of nitrogens with zero attached hydrogens (tertiary/aromatic N) is 5. The number of hydrogen-bond acceptors (Lipinski definition) is 7. The number of aryl methyl sites for hydroxylation is 1. The number of hydrogen-bond donors (Lipinski definition) is 2. The molecule has 1 aliphatic carbocycles. The summed E-state index contributed by atoms with van der Waals surface area (Å²) in [6, 6.07) is 8.95. The van der Waals surface area contributed by atoms with Gasteiger partial charge in [-0.1, -0.05) is 12.1 Å². The molecule has 1 atom stereocenters. The van der Waals surface area contributed by atoms with Gasteiger partial charge in [0, 0.05) is 57.7 Å². The van der Waals surface area contributed by atoms with Crippen LogP contribution in [0.3, 0.4) is 0 Å². The van der Waals surface area contributed by atoms with Gasteiger partial charge < -0.3 is 4.90 Å². The second kappa shape index (κ2) is 8.61. The number of rotatable bonds is 5. The van der Waals surface area contributed by atoms with Crippen molar-refractivity contribution in [2.75, 3.05) is 59.8 Å². The summed E-state index contributed by atoms with van der Waals surface area (Å²) in [5.74, 6) is -3.05. The van der Waals surface area contributed by atoms with Gasteiger partial charge in [0.1, 0.15) is 5.82 Å². The third kappa shape index (κ3) is 4.69. The molecule has 2 fully saturated rings. The first-order chi connectivity index (χ1) is 16.8. The molecule has 2 aromatic rings. The molecule has 2 N–H and O–H groups in total. The molecule has 1 aromatic heterocycles. The lowest BCUT2D eigenvalue weighted by atomic mass is 10.0. The van der Waals surface area contributed by atoms with Crippen LogP contribution in [0.5, 0.6) is 0 Å². The van der Waals surface area contributed by atoms with E-state index >= 15 is 0 Å². The van der Waals surface area contributed by atoms with Crippen molar-refractivity contribution in [3.05, 3.63) is 35.9 Å². The predicted octanol–water partition coefficient (Wildman–Crippen LogP) is 5.23. The fraction of sp³-hybridized carbons (Fsp3) is 0.522. The minimum atomic E-state index is -4.23. The Balaban J connectivity index is 1.38. The van der Waals surface area contributed by atoms with Gasteiger partial charge in [-0.15, -0.1) is 0 Å². The summed E-state index contributed by atoms with van der Waals surface area (Å²) in [7, 11) is -1.95. The van der Waals surface area contributed by atoms with Gasteiger partial charge >= 0.3 is 6.18 Å². The topological polar surface area (TPSA) is 66.3 Å². The molecule has 0 radical (unpaired) electrons. The molecule has 0 bridgehead atoms. The minimum Gasteiger partial charge on any atom is -0.354 e. The lowest BCUT2D eigenvalue weighted by Crippen LogP contribution is -2.49. The normalized spacial score (nSPS) is 24.1. The highest BCUT2D eigenvalue weighted by atomic mass is 32.3. The number of piperazine rings is 1. The molecule has 1 saturated heterocycles. The Bertz CT molecular complexity index is 1160. The summed E-state index contributed by atoms with van der Waals surface area (Å²) in [5, 5.41) is 0. The number of alkyl halides is 5. The molecule has 3 heterocycles. The smallest absolute Gasteiger partial charge is 0.354 e. The Hall–Kier alpha value is -2.35. The molecular weight excluding hydrogens is 505 g/mol. The van der Waals surface area contributed by atoms with Crippen molar-refractivity contribution in [1.82, 2.24) is 9.88 Å². The number of pyridine rings is 1. The van der Waals surface area contributed by atoms with E-state index in [0.717, 1.165) is 5.56 Å². The average Bonchev–Trinajstić information content (AvgIpc) is 3.36. The van der Waals surface area contributed by atoms with E-state index < -0.39 is 35.5 Å². The fourth-order valence-electron chi connectivity index (χ4n) is 4.79. The van der Waals surface area contributed by atoms with Gasteiger partial charge in [0.2, 0.25) is 0 Å². The van der Waals surface area contributed by atoms with Crippen LogP contribution >= 0.6 is 11.0 Å². The van der Waals surface area contributed by atoms with Gasteiger partial charge in [-0.25, -0.2) is 13.8 Å². The van der Waals surface area contributed by atoms with E-state index in [0.29, 0.717) is 41.5 Å². The van der Waals surface area contributed by atoms with Crippen molar-refractivity contribution in [3.8, 4) is 11.3 Å². The van der Waals surface area contributed by atoms with Crippen molar-refractivity contribution in [3.63, 3.8) is 0 Å². The molecule has 1 unspecified atom stereocenters. The summed E-state index contributed by atoms with van der Waals surface area (Å²) in [6.07, 6.45) is -4.49. The van der Waals surface area contributed by atoms with Crippen LogP contribution in [0.2, 0.25) is 0 Å². The van der Waals surface area contributed by atoms with Gasteiger partial charge in [0.15, 0.2) is 0 Å². The SMILES string of the molecule is Cc1ccc(N2CCN(CC(F)(F)F)CC2)nc1-c1ccc2c(c1)N(C)S(O)(O)N2CC1CC1(F)F. The largest absolute Gasteiger partial charge is 0.401 e. The second-order valence-corrected chi connectivity index (χ2v) is 11.6. The molecule has 3 aliphatic rings. The molecule has 0 amide bonds. The predicted molar refractivity (Wildman–Crippen MR) is 131 cm³/mol. The van der Waals surface area contributed by atoms with E-state index in [2.05, 4.69) is 0 Å². The Labute approximate surface area is 207 Å². The summed E-state index contributed by atoms with van der Waals surface area (Å²) in [5.41, 5.74) is 3.22. The molecule has 198 valence electrons. The maximum atomic E-state index is 13.5. The molecule has 0 spiro atoms. The van der Waals surface area contributed by atoms with Crippen LogP contribution in [0.25, 0.3) is 11.3 Å². The van der Waals surface area contributed by atoms with Crippen molar-refractivity contribution in [2.45, 2.75) is 25.4 Å². The van der Waals surface area contributed by atoms with Crippen LogP contribution < -0.4 is 13.5 Å². The van der Waals surface area contributed by atoms with Crippen molar-refractivity contribution < 1.29 is 31.1 Å². The zero-order valence-electron chi connectivity index (χ0n) is 19.8. The molecule has 1 aromatic carbocycles. The maximum absolute atomic E-state index is 13.5. The second-order valence-electron chi connectivity index (χ2n) is 9.63. The van der Waals surface area contributed by atoms with E-state index in [1.165, 1.54) is 20.6 Å². The van der Waals surface area contributed by atoms with Crippen LogP contribution in [0.15, 0.2) is 30.3 Å². The van der Waals surface area contributed by atoms with Crippen LogP contribution in [0.4, 0.5) is 39.1 Å². The Morgan fingerprint density at radius 3 is 2.33 bits per heavy atom. The summed E-state index contributed by atoms with van der Waals surface area (Å²) in [6.45, 7) is 2.20. The quantitative estimate of drug-likeness (QED) is 0.510. The van der Waals surface area contributed by atoms with Crippen molar-refractivity contribution in [2.24, 2.45) is 5.92 Å². The Morgan fingerprint density at radius 1 is 1.06 bits per heavy atom.